The SMILES string of the molecule is CCOC(=O)[C@@H](C)N1C(=O)S/C(=C/c2cc(C)n(-c3ccc(C#N)cc3)c2C)C1=O. The molecule has 30 heavy (non-hydrogen) atoms. The van der Waals surface area contributed by atoms with Crippen LogP contribution in [0.4, 0.5) is 4.79 Å². The Morgan fingerprint density at radius 3 is 2.53 bits per heavy atom. The van der Waals surface area contributed by atoms with Gasteiger partial charge in [-0.2, -0.15) is 5.26 Å². The molecule has 1 atom stereocenters. The second kappa shape index (κ2) is 8.59. The van der Waals surface area contributed by atoms with Crippen molar-refractivity contribution in [3.8, 4) is 11.8 Å². The molecule has 7 nitrogen and oxygen atoms in total. The Bertz CT molecular complexity index is 1090. The van der Waals surface area contributed by atoms with Crippen molar-refractivity contribution in [1.82, 2.24) is 9.47 Å². The van der Waals surface area contributed by atoms with Crippen LogP contribution in [0.1, 0.15) is 36.4 Å². The third kappa shape index (κ3) is 3.89. The molecule has 0 unspecified atom stereocenters. The van der Waals surface area contributed by atoms with Crippen molar-refractivity contribution >= 4 is 35.0 Å². The molecule has 2 heterocycles. The number of aryl methyl sites for hydroxylation is 1. The first-order chi connectivity index (χ1) is 14.3. The number of hydrogen-bond acceptors (Lipinski definition) is 6. The van der Waals surface area contributed by atoms with Crippen molar-refractivity contribution in [2.45, 2.75) is 33.7 Å². The first-order valence-electron chi connectivity index (χ1n) is 9.41. The molecule has 1 aliphatic rings. The fourth-order valence-electron chi connectivity index (χ4n) is 3.34. The van der Waals surface area contributed by atoms with Gasteiger partial charge >= 0.3 is 5.97 Å². The molecule has 1 fully saturated rings. The third-order valence-corrected chi connectivity index (χ3v) is 5.73. The van der Waals surface area contributed by atoms with Gasteiger partial charge in [0.2, 0.25) is 0 Å². The van der Waals surface area contributed by atoms with E-state index in [9.17, 15) is 14.4 Å². The van der Waals surface area contributed by atoms with Gasteiger partial charge in [0.15, 0.2) is 0 Å². The third-order valence-electron chi connectivity index (χ3n) is 4.85. The number of esters is 1. The van der Waals surface area contributed by atoms with Crippen molar-refractivity contribution < 1.29 is 19.1 Å². The molecule has 8 heteroatoms. The maximum absolute atomic E-state index is 12.8. The van der Waals surface area contributed by atoms with E-state index >= 15 is 0 Å². The topological polar surface area (TPSA) is 92.4 Å². The molecule has 1 aromatic heterocycles. The summed E-state index contributed by atoms with van der Waals surface area (Å²) in [6.45, 7) is 7.19. The van der Waals surface area contributed by atoms with E-state index in [0.29, 0.717) is 5.56 Å². The summed E-state index contributed by atoms with van der Waals surface area (Å²) in [5, 5.41) is 8.49. The molecule has 0 aliphatic carbocycles. The van der Waals surface area contributed by atoms with Gasteiger partial charge in [0.1, 0.15) is 6.04 Å². The van der Waals surface area contributed by atoms with Crippen LogP contribution in [0.2, 0.25) is 0 Å². The maximum atomic E-state index is 12.8. The highest BCUT2D eigenvalue weighted by Gasteiger charge is 2.41. The average molecular weight is 423 g/mol. The fraction of sp³-hybridized carbons (Fsp3) is 0.273. The van der Waals surface area contributed by atoms with Crippen molar-refractivity contribution in [3.63, 3.8) is 0 Å². The number of imide groups is 1. The van der Waals surface area contributed by atoms with Crippen molar-refractivity contribution in [3.05, 3.63) is 57.8 Å². The van der Waals surface area contributed by atoms with Crippen LogP contribution in [0, 0.1) is 25.2 Å². The van der Waals surface area contributed by atoms with Crippen LogP contribution in [0.25, 0.3) is 11.8 Å². The minimum absolute atomic E-state index is 0.177. The van der Waals surface area contributed by atoms with Gasteiger partial charge in [-0.3, -0.25) is 14.5 Å². The molecule has 2 amide bonds. The van der Waals surface area contributed by atoms with Crippen LogP contribution in [-0.4, -0.2) is 39.2 Å². The lowest BCUT2D eigenvalue weighted by molar-refractivity contribution is -0.150. The molecule has 3 rings (SSSR count). The summed E-state index contributed by atoms with van der Waals surface area (Å²) in [6, 6.07) is 10.3. The van der Waals surface area contributed by atoms with Crippen LogP contribution in [0.15, 0.2) is 35.2 Å². The van der Waals surface area contributed by atoms with E-state index in [2.05, 4.69) is 6.07 Å². The molecule has 2 aromatic rings. The van der Waals surface area contributed by atoms with Gasteiger partial charge in [0.25, 0.3) is 11.1 Å². The number of rotatable bonds is 5. The normalized spacial score (nSPS) is 16.1. The van der Waals surface area contributed by atoms with E-state index in [4.69, 9.17) is 10.00 Å². The molecule has 154 valence electrons. The predicted molar refractivity (Wildman–Crippen MR) is 114 cm³/mol. The molecule has 0 spiro atoms. The highest BCUT2D eigenvalue weighted by molar-refractivity contribution is 8.18. The molecule has 1 aromatic carbocycles. The first kappa shape index (κ1) is 21.4. The van der Waals surface area contributed by atoms with Crippen molar-refractivity contribution in [1.29, 1.82) is 5.26 Å². The number of nitrogens with zero attached hydrogens (tertiary/aromatic N) is 3. The maximum Gasteiger partial charge on any atom is 0.329 e. The largest absolute Gasteiger partial charge is 0.464 e. The number of aromatic nitrogens is 1. The van der Waals surface area contributed by atoms with Gasteiger partial charge in [-0.1, -0.05) is 0 Å². The fourth-order valence-corrected chi connectivity index (χ4v) is 4.24. The number of carbonyl (C=O) groups is 3. The number of nitriles is 1. The van der Waals surface area contributed by atoms with Crippen LogP contribution < -0.4 is 0 Å². The van der Waals surface area contributed by atoms with Gasteiger partial charge < -0.3 is 9.30 Å². The summed E-state index contributed by atoms with van der Waals surface area (Å²) in [7, 11) is 0. The quantitative estimate of drug-likeness (QED) is 0.534. The van der Waals surface area contributed by atoms with Crippen molar-refractivity contribution in [2.24, 2.45) is 0 Å². The highest BCUT2D eigenvalue weighted by Crippen LogP contribution is 2.35. The standard InChI is InChI=1S/C22H21N3O4S/c1-5-29-21(27)15(4)25-20(26)19(30-22(25)28)11-17-10-13(2)24(14(17)3)18-8-6-16(12-23)7-9-18/h6-11,15H,5H2,1-4H3/b19-11+/t15-/m1/s1. The van der Waals surface area contributed by atoms with Gasteiger partial charge in [0.05, 0.1) is 23.1 Å². The van der Waals surface area contributed by atoms with Crippen LogP contribution in [-0.2, 0) is 14.3 Å². The Kier molecular flexibility index (Phi) is 6.13. The van der Waals surface area contributed by atoms with E-state index in [0.717, 1.165) is 39.3 Å². The lowest BCUT2D eigenvalue weighted by atomic mass is 10.2. The zero-order chi connectivity index (χ0) is 22.0. The Balaban J connectivity index is 1.92. The highest BCUT2D eigenvalue weighted by atomic mass is 32.2. The van der Waals surface area contributed by atoms with E-state index in [1.807, 2.05) is 36.6 Å². The summed E-state index contributed by atoms with van der Waals surface area (Å²) in [5.41, 5.74) is 4.11. The number of hydrogen-bond donors (Lipinski definition) is 0. The van der Waals surface area contributed by atoms with E-state index < -0.39 is 23.2 Å². The van der Waals surface area contributed by atoms with E-state index in [1.54, 1.807) is 25.1 Å². The number of carbonyl (C=O) groups excluding carboxylic acids is 3. The zero-order valence-electron chi connectivity index (χ0n) is 17.1. The Morgan fingerprint density at radius 1 is 1.27 bits per heavy atom. The molecule has 0 saturated carbocycles. The van der Waals surface area contributed by atoms with Crippen LogP contribution in [0.5, 0.6) is 0 Å². The molecular formula is C22H21N3O4S. The molecule has 1 aliphatic heterocycles. The van der Waals surface area contributed by atoms with Crippen LogP contribution in [0.3, 0.4) is 0 Å². The van der Waals surface area contributed by atoms with Gasteiger partial charge in [-0.05, 0) is 81.4 Å². The lowest BCUT2D eigenvalue weighted by Gasteiger charge is -2.19. The van der Waals surface area contributed by atoms with Gasteiger partial charge in [-0.15, -0.1) is 0 Å². The molecule has 1 saturated heterocycles. The minimum Gasteiger partial charge on any atom is -0.464 e. The number of thioether (sulfide) groups is 1. The molecular weight excluding hydrogens is 402 g/mol. The number of benzene rings is 1. The summed E-state index contributed by atoms with van der Waals surface area (Å²) in [5.74, 6) is -1.12. The summed E-state index contributed by atoms with van der Waals surface area (Å²) in [6.07, 6.45) is 1.67. The summed E-state index contributed by atoms with van der Waals surface area (Å²) in [4.78, 5) is 38.3. The second-order valence-electron chi connectivity index (χ2n) is 6.80. The van der Waals surface area contributed by atoms with E-state index in [-0.39, 0.29) is 11.5 Å². The van der Waals surface area contributed by atoms with Crippen molar-refractivity contribution in [2.75, 3.05) is 6.61 Å². The van der Waals surface area contributed by atoms with Crippen LogP contribution >= 0.6 is 11.8 Å². The van der Waals surface area contributed by atoms with Gasteiger partial charge in [0, 0.05) is 17.1 Å². The summed E-state index contributed by atoms with van der Waals surface area (Å²) >= 11 is 0.810. The van der Waals surface area contributed by atoms with E-state index in [1.165, 1.54) is 6.92 Å². The summed E-state index contributed by atoms with van der Waals surface area (Å²) < 4.78 is 6.95. The minimum atomic E-state index is -0.977. The Labute approximate surface area is 178 Å². The molecule has 0 radical (unpaired) electrons. The predicted octanol–water partition coefficient (Wildman–Crippen LogP) is 3.95. The first-order valence-corrected chi connectivity index (χ1v) is 10.2. The molecule has 0 N–H and O–H groups in total. The Morgan fingerprint density at radius 2 is 1.93 bits per heavy atom. The monoisotopic (exact) mass is 423 g/mol. The average Bonchev–Trinajstić information content (AvgIpc) is 3.16. The smallest absolute Gasteiger partial charge is 0.329 e. The van der Waals surface area contributed by atoms with Gasteiger partial charge in [-0.25, -0.2) is 4.79 Å². The second-order valence-corrected chi connectivity index (χ2v) is 7.79. The zero-order valence-corrected chi connectivity index (χ0v) is 17.9. The lowest BCUT2D eigenvalue weighted by Crippen LogP contribution is -2.42. The number of ether oxygens (including phenoxy) is 1. The molecule has 0 bridgehead atoms. The Hall–Kier alpha value is -3.31. The number of amides is 2.